The molecule has 1 aromatic heterocycles. The predicted octanol–water partition coefficient (Wildman–Crippen LogP) is 3.14. The lowest BCUT2D eigenvalue weighted by atomic mass is 9.94. The van der Waals surface area contributed by atoms with E-state index in [1.54, 1.807) is 23.1 Å². The van der Waals surface area contributed by atoms with Gasteiger partial charge >= 0.3 is 6.03 Å². The zero-order chi connectivity index (χ0) is 25.4. The molecule has 1 aromatic rings. The first-order valence-electron chi connectivity index (χ1n) is 12.1. The van der Waals surface area contributed by atoms with Crippen LogP contribution in [0.2, 0.25) is 0 Å². The number of anilines is 1. The first-order valence-corrected chi connectivity index (χ1v) is 12.9. The van der Waals surface area contributed by atoms with Crippen LogP contribution in [0.4, 0.5) is 10.6 Å². The third-order valence-corrected chi connectivity index (χ3v) is 7.34. The molecule has 0 unspecified atom stereocenters. The van der Waals surface area contributed by atoms with Gasteiger partial charge < -0.3 is 30.5 Å². The summed E-state index contributed by atoms with van der Waals surface area (Å²) in [6, 6.07) is 1.83. The highest BCUT2D eigenvalue weighted by molar-refractivity contribution is 9.10. The zero-order valence-corrected chi connectivity index (χ0v) is 22.1. The van der Waals surface area contributed by atoms with Crippen LogP contribution in [0, 0.1) is 5.92 Å². The molecule has 0 radical (unpaired) electrons. The smallest absolute Gasteiger partial charge is 0.320 e. The maximum atomic E-state index is 12.8. The van der Waals surface area contributed by atoms with Crippen LogP contribution in [0.1, 0.15) is 36.0 Å². The van der Waals surface area contributed by atoms with Crippen LogP contribution in [0.15, 0.2) is 35.8 Å². The molecule has 0 spiro atoms. The highest BCUT2D eigenvalue weighted by atomic mass is 79.9. The average Bonchev–Trinajstić information content (AvgIpc) is 2.86. The Morgan fingerprint density at radius 3 is 2.40 bits per heavy atom. The van der Waals surface area contributed by atoms with Crippen molar-refractivity contribution in [2.24, 2.45) is 5.92 Å². The van der Waals surface area contributed by atoms with E-state index in [1.807, 2.05) is 4.90 Å². The van der Waals surface area contributed by atoms with Gasteiger partial charge in [0, 0.05) is 51.9 Å². The number of methoxy groups -OCH3 is 1. The first kappa shape index (κ1) is 27.0. The highest BCUT2D eigenvalue weighted by Crippen LogP contribution is 2.26. The lowest BCUT2D eigenvalue weighted by molar-refractivity contribution is 0.0885. The SMILES string of the molecule is C=CCN(CC=C)C(=O)N1CCC(CN2CCC(NC(=O)c3cc(Br)c(N)nc3OC)CC2)CC1. The van der Waals surface area contributed by atoms with Crippen molar-refractivity contribution in [2.45, 2.75) is 31.7 Å². The number of hydrogen-bond acceptors (Lipinski definition) is 6. The van der Waals surface area contributed by atoms with Crippen molar-refractivity contribution in [1.29, 1.82) is 0 Å². The Labute approximate surface area is 216 Å². The maximum Gasteiger partial charge on any atom is 0.320 e. The van der Waals surface area contributed by atoms with Crippen molar-refractivity contribution in [2.75, 3.05) is 58.7 Å². The molecular weight excluding hydrogens is 512 g/mol. The van der Waals surface area contributed by atoms with E-state index in [2.05, 4.69) is 44.3 Å². The van der Waals surface area contributed by atoms with Gasteiger partial charge in [0.05, 0.1) is 11.6 Å². The van der Waals surface area contributed by atoms with Crippen LogP contribution in [-0.2, 0) is 0 Å². The Morgan fingerprint density at radius 1 is 1.20 bits per heavy atom. The maximum absolute atomic E-state index is 12.8. The fourth-order valence-electron chi connectivity index (χ4n) is 4.74. The second kappa shape index (κ2) is 12.9. The van der Waals surface area contributed by atoms with Crippen LogP contribution >= 0.6 is 15.9 Å². The van der Waals surface area contributed by atoms with E-state index >= 15 is 0 Å². The second-order valence-corrected chi connectivity index (χ2v) is 10.0. The highest BCUT2D eigenvalue weighted by Gasteiger charge is 2.29. The normalized spacial score (nSPS) is 17.6. The molecule has 2 fully saturated rings. The molecule has 2 saturated heterocycles. The molecule has 0 bridgehead atoms. The van der Waals surface area contributed by atoms with Crippen LogP contribution in [-0.4, -0.2) is 90.6 Å². The number of rotatable bonds is 9. The molecule has 3 heterocycles. The molecule has 0 aromatic carbocycles. The second-order valence-electron chi connectivity index (χ2n) is 9.16. The Hall–Kier alpha value is -2.59. The number of nitrogen functional groups attached to an aromatic ring is 1. The summed E-state index contributed by atoms with van der Waals surface area (Å²) in [6.07, 6.45) is 7.32. The molecule has 2 aliphatic heterocycles. The average molecular weight is 550 g/mol. The Morgan fingerprint density at radius 2 is 1.83 bits per heavy atom. The minimum absolute atomic E-state index is 0.0692. The molecular formula is C25H37BrN6O3. The third-order valence-electron chi connectivity index (χ3n) is 6.70. The number of aromatic nitrogens is 1. The van der Waals surface area contributed by atoms with E-state index in [1.165, 1.54) is 7.11 Å². The summed E-state index contributed by atoms with van der Waals surface area (Å²) in [4.78, 5) is 35.9. The molecule has 9 nitrogen and oxygen atoms in total. The molecule has 0 atom stereocenters. The molecule has 0 saturated carbocycles. The standard InChI is InChI=1S/C25H37BrN6O3/c1-4-10-31(11-5-2)25(34)32-14-6-18(7-15-32)17-30-12-8-19(9-13-30)28-23(33)20-16-21(26)22(27)29-24(20)35-3/h4-5,16,18-19H,1-2,6-15,17H2,3H3,(H2,27,29)(H,28,33). The molecule has 35 heavy (non-hydrogen) atoms. The topological polar surface area (TPSA) is 104 Å². The van der Waals surface area contributed by atoms with E-state index in [-0.39, 0.29) is 29.7 Å². The van der Waals surface area contributed by atoms with Gasteiger partial charge in [0.1, 0.15) is 11.4 Å². The van der Waals surface area contributed by atoms with Gasteiger partial charge in [0.2, 0.25) is 5.88 Å². The number of nitrogens with zero attached hydrogens (tertiary/aromatic N) is 4. The summed E-state index contributed by atoms with van der Waals surface area (Å²) in [7, 11) is 1.48. The fourth-order valence-corrected chi connectivity index (χ4v) is 5.06. The number of likely N-dealkylation sites (tertiary alicyclic amines) is 2. The van der Waals surface area contributed by atoms with Gasteiger partial charge in [-0.15, -0.1) is 13.2 Å². The Balaban J connectivity index is 1.42. The van der Waals surface area contributed by atoms with Gasteiger partial charge in [-0.1, -0.05) is 12.2 Å². The number of hydrogen-bond donors (Lipinski definition) is 2. The van der Waals surface area contributed by atoms with E-state index in [0.717, 1.165) is 58.4 Å². The molecule has 2 aliphatic rings. The van der Waals surface area contributed by atoms with Gasteiger partial charge in [-0.25, -0.2) is 4.79 Å². The van der Waals surface area contributed by atoms with Gasteiger partial charge in [-0.2, -0.15) is 4.98 Å². The summed E-state index contributed by atoms with van der Waals surface area (Å²) in [5.41, 5.74) is 6.17. The van der Waals surface area contributed by atoms with Crippen LogP contribution in [0.3, 0.4) is 0 Å². The van der Waals surface area contributed by atoms with Crippen LogP contribution in [0.5, 0.6) is 5.88 Å². The number of ether oxygens (including phenoxy) is 1. The van der Waals surface area contributed by atoms with Crippen LogP contribution < -0.4 is 15.8 Å². The van der Waals surface area contributed by atoms with Gasteiger partial charge in [-0.3, -0.25) is 4.79 Å². The number of carbonyl (C=O) groups excluding carboxylic acids is 2. The van der Waals surface area contributed by atoms with E-state index in [9.17, 15) is 9.59 Å². The van der Waals surface area contributed by atoms with Crippen molar-refractivity contribution in [1.82, 2.24) is 25.0 Å². The number of halogens is 1. The van der Waals surface area contributed by atoms with Gasteiger partial charge in [0.15, 0.2) is 0 Å². The Bertz CT molecular complexity index is 901. The predicted molar refractivity (Wildman–Crippen MR) is 141 cm³/mol. The fraction of sp³-hybridized carbons (Fsp3) is 0.560. The van der Waals surface area contributed by atoms with E-state index in [4.69, 9.17) is 10.5 Å². The summed E-state index contributed by atoms with van der Waals surface area (Å²) < 4.78 is 5.81. The van der Waals surface area contributed by atoms with Crippen molar-refractivity contribution >= 4 is 33.7 Å². The van der Waals surface area contributed by atoms with Crippen molar-refractivity contribution in [3.63, 3.8) is 0 Å². The monoisotopic (exact) mass is 548 g/mol. The van der Waals surface area contributed by atoms with Gasteiger partial charge in [-0.05, 0) is 53.6 Å². The molecule has 3 N–H and O–H groups in total. The lowest BCUT2D eigenvalue weighted by Gasteiger charge is -2.39. The largest absolute Gasteiger partial charge is 0.480 e. The quantitative estimate of drug-likeness (QED) is 0.459. The molecule has 10 heteroatoms. The number of nitrogens with one attached hydrogen (secondary N) is 1. The number of piperidine rings is 2. The minimum Gasteiger partial charge on any atom is -0.480 e. The number of amides is 3. The number of pyridine rings is 1. The number of urea groups is 1. The summed E-state index contributed by atoms with van der Waals surface area (Å²) in [6.45, 7) is 13.1. The molecule has 3 amide bonds. The summed E-state index contributed by atoms with van der Waals surface area (Å²) >= 11 is 3.33. The minimum atomic E-state index is -0.201. The van der Waals surface area contributed by atoms with Crippen molar-refractivity contribution < 1.29 is 14.3 Å². The molecule has 192 valence electrons. The number of carbonyl (C=O) groups is 2. The zero-order valence-electron chi connectivity index (χ0n) is 20.5. The van der Waals surface area contributed by atoms with E-state index in [0.29, 0.717) is 29.0 Å². The van der Waals surface area contributed by atoms with Crippen molar-refractivity contribution in [3.8, 4) is 5.88 Å². The molecule has 3 rings (SSSR count). The number of nitrogens with two attached hydrogens (primary N) is 1. The third kappa shape index (κ3) is 7.20. The lowest BCUT2D eigenvalue weighted by Crippen LogP contribution is -2.49. The Kier molecular flexibility index (Phi) is 9.97. The summed E-state index contributed by atoms with van der Waals surface area (Å²) in [5, 5.41) is 3.12. The van der Waals surface area contributed by atoms with E-state index < -0.39 is 0 Å². The first-order chi connectivity index (χ1) is 16.9. The molecule has 0 aliphatic carbocycles. The van der Waals surface area contributed by atoms with Crippen LogP contribution in [0.25, 0.3) is 0 Å². The van der Waals surface area contributed by atoms with Gasteiger partial charge in [0.25, 0.3) is 5.91 Å². The summed E-state index contributed by atoms with van der Waals surface area (Å²) in [5.74, 6) is 0.891. The van der Waals surface area contributed by atoms with Crippen molar-refractivity contribution in [3.05, 3.63) is 41.4 Å².